The summed E-state index contributed by atoms with van der Waals surface area (Å²) < 4.78 is 16.0. The van der Waals surface area contributed by atoms with E-state index in [-0.39, 0.29) is 0 Å². The second-order valence-electron chi connectivity index (χ2n) is 19.2. The van der Waals surface area contributed by atoms with Crippen LogP contribution >= 0.6 is 0 Å². The lowest BCUT2D eigenvalue weighted by atomic mass is 9.93. The third-order valence-electron chi connectivity index (χ3n) is 14.4. The first-order valence-electron chi connectivity index (χ1n) is 24.8. The predicted molar refractivity (Wildman–Crippen MR) is 296 cm³/mol. The molecule has 0 atom stereocenters. The van der Waals surface area contributed by atoms with E-state index in [4.69, 9.17) is 9.72 Å². The van der Waals surface area contributed by atoms with Gasteiger partial charge in [0, 0.05) is 38.7 Å². The van der Waals surface area contributed by atoms with Crippen LogP contribution in [0.4, 0.5) is 0 Å². The zero-order valence-corrected chi connectivity index (χ0v) is 39.9. The molecule has 342 valence electrons. The SMILES string of the molecule is CC(C)Cc1cccc2c1ccc1c(-c3cccc(Oc4cccc(-n5[c-][n+](-c6c(-n7c8ccccc8c8ccccc87)cccc6-n6c7ccccc7c7ccccc76)c6ccccc65)c4)c3)nccc12. The molecule has 4 heterocycles. The Hall–Kier alpha value is -9.26. The fourth-order valence-corrected chi connectivity index (χ4v) is 11.4. The Bertz CT molecular complexity index is 4220. The normalized spacial score (nSPS) is 11.9. The predicted octanol–water partition coefficient (Wildman–Crippen LogP) is 16.3. The highest BCUT2D eigenvalue weighted by molar-refractivity contribution is 6.13. The smallest absolute Gasteiger partial charge is 0.269 e. The molecule has 0 bridgehead atoms. The molecule has 0 aliphatic rings. The molecule has 0 aliphatic heterocycles. The van der Waals surface area contributed by atoms with E-state index in [1.807, 2.05) is 18.3 Å². The summed E-state index contributed by atoms with van der Waals surface area (Å²) in [6.45, 7) is 4.56. The molecule has 0 saturated carbocycles. The van der Waals surface area contributed by atoms with E-state index in [1.54, 1.807) is 0 Å². The molecule has 72 heavy (non-hydrogen) atoms. The van der Waals surface area contributed by atoms with Gasteiger partial charge in [-0.15, -0.1) is 0 Å². The third kappa shape index (κ3) is 6.64. The second kappa shape index (κ2) is 16.7. The maximum absolute atomic E-state index is 6.77. The van der Waals surface area contributed by atoms with Crippen LogP contribution in [0.25, 0.3) is 110 Å². The lowest BCUT2D eigenvalue weighted by molar-refractivity contribution is -0.571. The lowest BCUT2D eigenvalue weighted by Crippen LogP contribution is -2.33. The van der Waals surface area contributed by atoms with Gasteiger partial charge in [-0.05, 0) is 107 Å². The number of hydrogen-bond donors (Lipinski definition) is 0. The number of aromatic nitrogens is 5. The summed E-state index contributed by atoms with van der Waals surface area (Å²) in [6, 6.07) is 80.1. The highest BCUT2D eigenvalue weighted by Crippen LogP contribution is 2.40. The monoisotopic (exact) mass is 925 g/mol. The van der Waals surface area contributed by atoms with Gasteiger partial charge in [0.05, 0.1) is 55.9 Å². The van der Waals surface area contributed by atoms with E-state index in [2.05, 4.69) is 251 Å². The molecule has 0 N–H and O–H groups in total. The molecule has 0 unspecified atom stereocenters. The van der Waals surface area contributed by atoms with Crippen LogP contribution in [0.5, 0.6) is 11.5 Å². The van der Waals surface area contributed by atoms with Crippen molar-refractivity contribution in [2.45, 2.75) is 20.3 Å². The number of rotatable bonds is 9. The van der Waals surface area contributed by atoms with Gasteiger partial charge >= 0.3 is 0 Å². The fourth-order valence-electron chi connectivity index (χ4n) is 11.4. The minimum Gasteiger partial charge on any atom is -0.458 e. The summed E-state index contributed by atoms with van der Waals surface area (Å²) in [5, 5.41) is 9.71. The first-order valence-corrected chi connectivity index (χ1v) is 24.8. The van der Waals surface area contributed by atoms with Crippen molar-refractivity contribution in [2.24, 2.45) is 5.92 Å². The number of ether oxygens (including phenoxy) is 1. The van der Waals surface area contributed by atoms with E-state index in [0.29, 0.717) is 11.7 Å². The van der Waals surface area contributed by atoms with Crippen molar-refractivity contribution in [3.05, 3.63) is 243 Å². The molecular weight excluding hydrogens is 879 g/mol. The number of para-hydroxylation sites is 7. The number of pyridine rings is 1. The Labute approximate surface area is 416 Å². The average Bonchev–Trinajstić information content (AvgIpc) is 4.09. The standard InChI is InChI=1S/C66H47N5O/c1-43(2)39-44-17-14-26-50-49(44)35-36-56-51(50)37-38-67-65(56)45-18-13-20-47(40-45)72-48-21-15-19-46(41-48)68-42-69(62-32-12-11-31-61(62)68)66-63(70-57-27-7-3-22-52(57)53-23-4-8-28-58(53)70)33-16-34-64(66)71-59-29-9-5-24-54(59)55-25-6-10-30-60(55)71/h3-38,40-41,43H,39H2,1-2H3. The Morgan fingerprint density at radius 3 is 1.61 bits per heavy atom. The first kappa shape index (κ1) is 41.7. The van der Waals surface area contributed by atoms with Crippen molar-refractivity contribution >= 4 is 76.2 Å². The molecule has 0 fully saturated rings. The van der Waals surface area contributed by atoms with E-state index < -0.39 is 0 Å². The van der Waals surface area contributed by atoms with Gasteiger partial charge in [-0.1, -0.05) is 166 Å². The average molecular weight is 926 g/mol. The molecule has 0 aliphatic carbocycles. The van der Waals surface area contributed by atoms with E-state index in [0.717, 1.165) is 84.7 Å². The minimum atomic E-state index is 0.576. The molecule has 4 aromatic heterocycles. The summed E-state index contributed by atoms with van der Waals surface area (Å²) >= 11 is 0. The van der Waals surface area contributed by atoms with Crippen molar-refractivity contribution in [1.82, 2.24) is 18.7 Å². The van der Waals surface area contributed by atoms with Crippen LogP contribution in [0, 0.1) is 12.2 Å². The largest absolute Gasteiger partial charge is 0.458 e. The molecule has 0 spiro atoms. The van der Waals surface area contributed by atoms with Gasteiger partial charge in [0.2, 0.25) is 0 Å². The highest BCUT2D eigenvalue weighted by Gasteiger charge is 2.24. The minimum absolute atomic E-state index is 0.576. The number of nitrogens with zero attached hydrogens (tertiary/aromatic N) is 5. The van der Waals surface area contributed by atoms with Gasteiger partial charge in [0.1, 0.15) is 17.2 Å². The van der Waals surface area contributed by atoms with Gasteiger partial charge in [-0.2, -0.15) is 0 Å². The molecule has 14 rings (SSSR count). The molecule has 0 saturated heterocycles. The molecular formula is C66H47N5O. The van der Waals surface area contributed by atoms with E-state index >= 15 is 0 Å². The van der Waals surface area contributed by atoms with Gasteiger partial charge in [-0.3, -0.25) is 14.1 Å². The van der Waals surface area contributed by atoms with E-state index in [1.165, 1.54) is 43.3 Å². The zero-order chi connectivity index (χ0) is 47.9. The van der Waals surface area contributed by atoms with E-state index in [9.17, 15) is 0 Å². The topological polar surface area (TPSA) is 40.8 Å². The summed E-state index contributed by atoms with van der Waals surface area (Å²) in [5.74, 6) is 2.02. The molecule has 10 aromatic carbocycles. The first-order chi connectivity index (χ1) is 35.6. The Morgan fingerprint density at radius 2 is 0.972 bits per heavy atom. The summed E-state index contributed by atoms with van der Waals surface area (Å²) in [4.78, 5) is 4.95. The van der Waals surface area contributed by atoms with Crippen LogP contribution in [-0.4, -0.2) is 18.7 Å². The van der Waals surface area contributed by atoms with Crippen LogP contribution < -0.4 is 9.30 Å². The van der Waals surface area contributed by atoms with Crippen LogP contribution in [0.3, 0.4) is 0 Å². The van der Waals surface area contributed by atoms with Gasteiger partial charge in [-0.25, -0.2) is 0 Å². The van der Waals surface area contributed by atoms with Crippen LogP contribution in [0.15, 0.2) is 231 Å². The lowest BCUT2D eigenvalue weighted by Gasteiger charge is -2.20. The van der Waals surface area contributed by atoms with Gasteiger partial charge < -0.3 is 13.9 Å². The molecule has 14 aromatic rings. The molecule has 6 heteroatoms. The molecule has 0 amide bonds. The highest BCUT2D eigenvalue weighted by atomic mass is 16.5. The van der Waals surface area contributed by atoms with Crippen molar-refractivity contribution < 1.29 is 9.30 Å². The fraction of sp³-hybridized carbons (Fsp3) is 0.0606. The Balaban J connectivity index is 0.918. The summed E-state index contributed by atoms with van der Waals surface area (Å²) in [7, 11) is 0. The van der Waals surface area contributed by atoms with Crippen LogP contribution in [-0.2, 0) is 6.42 Å². The maximum Gasteiger partial charge on any atom is 0.269 e. The van der Waals surface area contributed by atoms with Crippen LogP contribution in [0.2, 0.25) is 0 Å². The van der Waals surface area contributed by atoms with Crippen molar-refractivity contribution in [3.8, 4) is 45.5 Å². The Morgan fingerprint density at radius 1 is 0.458 bits per heavy atom. The summed E-state index contributed by atoms with van der Waals surface area (Å²) in [6.07, 6.45) is 6.90. The number of hydrogen-bond acceptors (Lipinski definition) is 2. The quantitative estimate of drug-likeness (QED) is 0.0822. The molecule has 0 radical (unpaired) electrons. The second-order valence-corrected chi connectivity index (χ2v) is 19.2. The van der Waals surface area contributed by atoms with Gasteiger partial charge in [0.25, 0.3) is 6.33 Å². The zero-order valence-electron chi connectivity index (χ0n) is 39.9. The Kier molecular flexibility index (Phi) is 9.68. The van der Waals surface area contributed by atoms with Crippen molar-refractivity contribution in [3.63, 3.8) is 0 Å². The number of imidazole rings is 1. The third-order valence-corrected chi connectivity index (χ3v) is 14.4. The number of benzene rings is 10. The van der Waals surface area contributed by atoms with Crippen molar-refractivity contribution in [2.75, 3.05) is 0 Å². The molecule has 6 nitrogen and oxygen atoms in total. The maximum atomic E-state index is 6.77. The van der Waals surface area contributed by atoms with Crippen molar-refractivity contribution in [1.29, 1.82) is 0 Å². The summed E-state index contributed by atoms with van der Waals surface area (Å²) in [5.41, 5.74) is 13.9. The van der Waals surface area contributed by atoms with Gasteiger partial charge in [0.15, 0.2) is 0 Å². The number of fused-ring (bicyclic) bond motifs is 10. The van der Waals surface area contributed by atoms with Crippen LogP contribution in [0.1, 0.15) is 19.4 Å².